The normalized spacial score (nSPS) is 16.2. The average Bonchev–Trinajstić information content (AvgIpc) is 2.94. The number of hydrogen-bond donors (Lipinski definition) is 1. The van der Waals surface area contributed by atoms with E-state index in [1.165, 1.54) is 4.70 Å². The first-order chi connectivity index (χ1) is 10.3. The fourth-order valence-electron chi connectivity index (χ4n) is 2.43. The van der Waals surface area contributed by atoms with E-state index in [2.05, 4.69) is 21.3 Å². The average molecular weight is 307 g/mol. The Morgan fingerprint density at radius 2 is 2.24 bits per heavy atom. The van der Waals surface area contributed by atoms with Gasteiger partial charge in [-0.3, -0.25) is 4.90 Å². The smallest absolute Gasteiger partial charge is 0.183 e. The summed E-state index contributed by atoms with van der Waals surface area (Å²) in [5.41, 5.74) is 0.995. The van der Waals surface area contributed by atoms with Crippen LogP contribution in [0.4, 0.5) is 5.13 Å². The number of fused-ring (bicyclic) bond motifs is 1. The van der Waals surface area contributed by atoms with Crippen molar-refractivity contribution in [3.8, 4) is 5.75 Å². The molecule has 21 heavy (non-hydrogen) atoms. The van der Waals surface area contributed by atoms with E-state index in [1.54, 1.807) is 18.4 Å². The highest BCUT2D eigenvalue weighted by Gasteiger charge is 2.09. The Kier molecular flexibility index (Phi) is 4.90. The number of nitrogens with zero attached hydrogens (tertiary/aromatic N) is 2. The third-order valence-corrected chi connectivity index (χ3v) is 4.62. The van der Waals surface area contributed by atoms with Crippen molar-refractivity contribution in [3.63, 3.8) is 0 Å². The Hall–Kier alpha value is -1.37. The van der Waals surface area contributed by atoms with Gasteiger partial charge in [0.25, 0.3) is 0 Å². The number of hydrogen-bond acceptors (Lipinski definition) is 6. The number of rotatable bonds is 6. The Morgan fingerprint density at radius 3 is 3.05 bits per heavy atom. The van der Waals surface area contributed by atoms with Crippen LogP contribution in [0.25, 0.3) is 10.2 Å². The first kappa shape index (κ1) is 14.6. The van der Waals surface area contributed by atoms with E-state index in [4.69, 9.17) is 9.47 Å². The largest absolute Gasteiger partial charge is 0.497 e. The Balaban J connectivity index is 1.48. The zero-order chi connectivity index (χ0) is 14.5. The lowest BCUT2D eigenvalue weighted by Crippen LogP contribution is -2.37. The summed E-state index contributed by atoms with van der Waals surface area (Å²) in [6.07, 6.45) is 1.12. The van der Waals surface area contributed by atoms with Crippen LogP contribution in [0.15, 0.2) is 18.2 Å². The van der Waals surface area contributed by atoms with Crippen molar-refractivity contribution in [1.82, 2.24) is 9.88 Å². The summed E-state index contributed by atoms with van der Waals surface area (Å²) < 4.78 is 11.8. The van der Waals surface area contributed by atoms with Crippen molar-refractivity contribution in [1.29, 1.82) is 0 Å². The highest BCUT2D eigenvalue weighted by Crippen LogP contribution is 2.28. The molecule has 0 aliphatic carbocycles. The molecule has 0 amide bonds. The lowest BCUT2D eigenvalue weighted by Gasteiger charge is -2.26. The SMILES string of the molecule is COc1ccc2sc(NCCCN3CCOCC3)nc2c1. The molecule has 5 nitrogen and oxygen atoms in total. The predicted molar refractivity (Wildman–Crippen MR) is 86.5 cm³/mol. The van der Waals surface area contributed by atoms with E-state index in [-0.39, 0.29) is 0 Å². The van der Waals surface area contributed by atoms with Crippen molar-refractivity contribution in [2.24, 2.45) is 0 Å². The molecule has 1 fully saturated rings. The number of morpholine rings is 1. The summed E-state index contributed by atoms with van der Waals surface area (Å²) in [6, 6.07) is 6.01. The summed E-state index contributed by atoms with van der Waals surface area (Å²) in [4.78, 5) is 7.05. The Labute approximate surface area is 128 Å². The van der Waals surface area contributed by atoms with Crippen molar-refractivity contribution in [3.05, 3.63) is 18.2 Å². The van der Waals surface area contributed by atoms with Gasteiger partial charge in [0.1, 0.15) is 5.75 Å². The minimum absolute atomic E-state index is 0.853. The van der Waals surface area contributed by atoms with E-state index in [1.807, 2.05) is 12.1 Å². The highest BCUT2D eigenvalue weighted by atomic mass is 32.1. The molecule has 114 valence electrons. The van der Waals surface area contributed by atoms with Crippen LogP contribution in [0.5, 0.6) is 5.75 Å². The first-order valence-corrected chi connectivity index (χ1v) is 8.15. The van der Waals surface area contributed by atoms with Gasteiger partial charge in [0, 0.05) is 25.7 Å². The number of benzene rings is 1. The summed E-state index contributed by atoms with van der Waals surface area (Å²) in [5.74, 6) is 0.853. The molecule has 3 rings (SSSR count). The summed E-state index contributed by atoms with van der Waals surface area (Å²) in [6.45, 7) is 5.92. The second kappa shape index (κ2) is 7.06. The molecule has 0 unspecified atom stereocenters. The molecule has 1 aliphatic rings. The van der Waals surface area contributed by atoms with Crippen LogP contribution < -0.4 is 10.1 Å². The highest BCUT2D eigenvalue weighted by molar-refractivity contribution is 7.22. The number of thiazole rings is 1. The molecule has 2 heterocycles. The van der Waals surface area contributed by atoms with Gasteiger partial charge in [0.15, 0.2) is 5.13 Å². The molecule has 0 radical (unpaired) electrons. The van der Waals surface area contributed by atoms with E-state index in [9.17, 15) is 0 Å². The summed E-state index contributed by atoms with van der Waals surface area (Å²) in [7, 11) is 1.68. The van der Waals surface area contributed by atoms with Crippen LogP contribution in [0.3, 0.4) is 0 Å². The van der Waals surface area contributed by atoms with E-state index in [0.29, 0.717) is 0 Å². The molecule has 0 bridgehead atoms. The maximum atomic E-state index is 5.35. The third-order valence-electron chi connectivity index (χ3n) is 3.63. The van der Waals surface area contributed by atoms with E-state index >= 15 is 0 Å². The lowest BCUT2D eigenvalue weighted by atomic mass is 10.3. The van der Waals surface area contributed by atoms with Gasteiger partial charge in [-0.25, -0.2) is 4.98 Å². The third kappa shape index (κ3) is 3.84. The maximum absolute atomic E-state index is 5.35. The number of anilines is 1. The van der Waals surface area contributed by atoms with Gasteiger partial charge < -0.3 is 14.8 Å². The van der Waals surface area contributed by atoms with Gasteiger partial charge in [-0.15, -0.1) is 0 Å². The maximum Gasteiger partial charge on any atom is 0.183 e. The quantitative estimate of drug-likeness (QED) is 0.831. The molecule has 2 aromatic rings. The topological polar surface area (TPSA) is 46.6 Å². The molecule has 6 heteroatoms. The first-order valence-electron chi connectivity index (χ1n) is 7.34. The molecular formula is C15H21N3O2S. The number of nitrogens with one attached hydrogen (secondary N) is 1. The second-order valence-corrected chi connectivity index (χ2v) is 6.12. The standard InChI is InChI=1S/C15H21N3O2S/c1-19-12-3-4-14-13(11-12)17-15(21-14)16-5-2-6-18-7-9-20-10-8-18/h3-4,11H,2,5-10H2,1H3,(H,16,17). The summed E-state index contributed by atoms with van der Waals surface area (Å²) >= 11 is 1.69. The predicted octanol–water partition coefficient (Wildman–Crippen LogP) is 2.44. The Bertz CT molecular complexity index is 581. The fourth-order valence-corrected chi connectivity index (χ4v) is 3.30. The minimum atomic E-state index is 0.853. The minimum Gasteiger partial charge on any atom is -0.497 e. The zero-order valence-electron chi connectivity index (χ0n) is 12.3. The van der Waals surface area contributed by atoms with Crippen LogP contribution in [-0.2, 0) is 4.74 Å². The molecule has 1 aromatic heterocycles. The van der Waals surface area contributed by atoms with Crippen molar-refractivity contribution in [2.45, 2.75) is 6.42 Å². The number of ether oxygens (including phenoxy) is 2. The van der Waals surface area contributed by atoms with Gasteiger partial charge in [0.05, 0.1) is 30.5 Å². The summed E-state index contributed by atoms with van der Waals surface area (Å²) in [5, 5.41) is 4.41. The zero-order valence-corrected chi connectivity index (χ0v) is 13.1. The molecule has 0 spiro atoms. The molecule has 1 aliphatic heterocycles. The van der Waals surface area contributed by atoms with Crippen molar-refractivity contribution < 1.29 is 9.47 Å². The molecule has 0 saturated carbocycles. The molecule has 1 saturated heterocycles. The molecule has 1 N–H and O–H groups in total. The van der Waals surface area contributed by atoms with E-state index in [0.717, 1.165) is 62.2 Å². The van der Waals surface area contributed by atoms with Gasteiger partial charge in [0.2, 0.25) is 0 Å². The second-order valence-electron chi connectivity index (χ2n) is 5.09. The van der Waals surface area contributed by atoms with Crippen molar-refractivity contribution in [2.75, 3.05) is 51.8 Å². The van der Waals surface area contributed by atoms with Crippen LogP contribution in [-0.4, -0.2) is 56.4 Å². The van der Waals surface area contributed by atoms with Gasteiger partial charge in [-0.05, 0) is 25.1 Å². The number of methoxy groups -OCH3 is 1. The molecule has 0 atom stereocenters. The van der Waals surface area contributed by atoms with Crippen LogP contribution in [0.2, 0.25) is 0 Å². The molecule has 1 aromatic carbocycles. The van der Waals surface area contributed by atoms with Gasteiger partial charge in [-0.1, -0.05) is 11.3 Å². The monoisotopic (exact) mass is 307 g/mol. The van der Waals surface area contributed by atoms with Crippen LogP contribution >= 0.6 is 11.3 Å². The molecular weight excluding hydrogens is 286 g/mol. The van der Waals surface area contributed by atoms with Crippen molar-refractivity contribution >= 4 is 26.7 Å². The van der Waals surface area contributed by atoms with Gasteiger partial charge >= 0.3 is 0 Å². The van der Waals surface area contributed by atoms with E-state index < -0.39 is 0 Å². The van der Waals surface area contributed by atoms with Crippen LogP contribution in [0, 0.1) is 0 Å². The van der Waals surface area contributed by atoms with Gasteiger partial charge in [-0.2, -0.15) is 0 Å². The Morgan fingerprint density at radius 1 is 1.38 bits per heavy atom. The fraction of sp³-hybridized carbons (Fsp3) is 0.533. The number of aromatic nitrogens is 1. The lowest BCUT2D eigenvalue weighted by molar-refractivity contribution is 0.0378. The van der Waals surface area contributed by atoms with Crippen LogP contribution in [0.1, 0.15) is 6.42 Å².